The third kappa shape index (κ3) is 8.01. The van der Waals surface area contributed by atoms with Crippen molar-refractivity contribution in [3.8, 4) is 0 Å². The first kappa shape index (κ1) is 31.8. The van der Waals surface area contributed by atoms with E-state index in [4.69, 9.17) is 0 Å². The van der Waals surface area contributed by atoms with Crippen molar-refractivity contribution in [3.05, 3.63) is 94.5 Å². The van der Waals surface area contributed by atoms with Gasteiger partial charge in [-0.3, -0.25) is 13.9 Å². The lowest BCUT2D eigenvalue weighted by atomic mass is 9.95. The van der Waals surface area contributed by atoms with E-state index in [0.29, 0.717) is 5.69 Å². The summed E-state index contributed by atoms with van der Waals surface area (Å²) < 4.78 is 29.9. The number of amides is 2. The second-order valence-corrected chi connectivity index (χ2v) is 14.0. The van der Waals surface area contributed by atoms with E-state index in [9.17, 15) is 18.0 Å². The molecule has 224 valence electrons. The van der Waals surface area contributed by atoms with Gasteiger partial charge in [-0.2, -0.15) is 0 Å². The average Bonchev–Trinajstić information content (AvgIpc) is 2.99. The van der Waals surface area contributed by atoms with Gasteiger partial charge in [0.2, 0.25) is 11.8 Å². The Hall–Kier alpha value is -3.17. The van der Waals surface area contributed by atoms with E-state index in [1.165, 1.54) is 23.5 Å². The van der Waals surface area contributed by atoms with Crippen molar-refractivity contribution in [2.24, 2.45) is 0 Å². The van der Waals surface area contributed by atoms with Gasteiger partial charge in [-0.05, 0) is 73.2 Å². The number of benzene rings is 3. The van der Waals surface area contributed by atoms with Crippen molar-refractivity contribution in [1.29, 1.82) is 0 Å². The zero-order valence-electron chi connectivity index (χ0n) is 24.5. The number of carbonyl (C=O) groups is 2. The summed E-state index contributed by atoms with van der Waals surface area (Å²) >= 11 is 3.49. The second-order valence-electron chi connectivity index (χ2n) is 11.2. The second kappa shape index (κ2) is 14.3. The first-order chi connectivity index (χ1) is 20.1. The Kier molecular flexibility index (Phi) is 10.8. The Bertz CT molecular complexity index is 1460. The molecule has 0 heterocycles. The van der Waals surface area contributed by atoms with Crippen molar-refractivity contribution in [2.75, 3.05) is 10.8 Å². The molecule has 1 saturated carbocycles. The molecule has 0 aromatic heterocycles. The van der Waals surface area contributed by atoms with Crippen LogP contribution in [-0.2, 0) is 26.2 Å². The maximum Gasteiger partial charge on any atom is 0.264 e. The van der Waals surface area contributed by atoms with Crippen molar-refractivity contribution in [1.82, 2.24) is 10.2 Å². The molecular formula is C33H40BrN3O4S. The summed E-state index contributed by atoms with van der Waals surface area (Å²) in [7, 11) is -4.09. The summed E-state index contributed by atoms with van der Waals surface area (Å²) in [5.41, 5.74) is 2.28. The van der Waals surface area contributed by atoms with Crippen LogP contribution < -0.4 is 9.62 Å². The molecule has 9 heteroatoms. The summed E-state index contributed by atoms with van der Waals surface area (Å²) in [6.07, 6.45) is 5.16. The zero-order valence-corrected chi connectivity index (χ0v) is 26.9. The van der Waals surface area contributed by atoms with Crippen molar-refractivity contribution in [2.45, 2.75) is 82.3 Å². The molecule has 1 aliphatic rings. The van der Waals surface area contributed by atoms with Crippen LogP contribution in [-0.4, -0.2) is 43.8 Å². The Labute approximate surface area is 258 Å². The van der Waals surface area contributed by atoms with Gasteiger partial charge in [0.25, 0.3) is 10.0 Å². The summed E-state index contributed by atoms with van der Waals surface area (Å²) in [6.45, 7) is 5.55. The monoisotopic (exact) mass is 653 g/mol. The Morgan fingerprint density at radius 2 is 1.57 bits per heavy atom. The average molecular weight is 655 g/mol. The van der Waals surface area contributed by atoms with Crippen LogP contribution in [0.2, 0.25) is 0 Å². The quantitative estimate of drug-likeness (QED) is 0.252. The van der Waals surface area contributed by atoms with E-state index < -0.39 is 28.5 Å². The summed E-state index contributed by atoms with van der Waals surface area (Å²) in [4.78, 5) is 29.2. The number of rotatable bonds is 11. The van der Waals surface area contributed by atoms with E-state index in [1.54, 1.807) is 37.3 Å². The molecule has 1 N–H and O–H groups in total. The molecule has 4 rings (SSSR count). The fourth-order valence-electron chi connectivity index (χ4n) is 5.26. The van der Waals surface area contributed by atoms with Crippen LogP contribution in [0.1, 0.15) is 69.9 Å². The van der Waals surface area contributed by atoms with Gasteiger partial charge in [0.05, 0.1) is 10.6 Å². The summed E-state index contributed by atoms with van der Waals surface area (Å²) in [6, 6.07) is 22.2. The van der Waals surface area contributed by atoms with Crippen LogP contribution >= 0.6 is 15.9 Å². The SMILES string of the molecule is CC(C)c1ccc(N(CC(=O)N(Cc2cccc(Br)c2)[C@@H](C)C(=O)NC2CCCCC2)S(=O)(=O)c2ccccc2)cc1. The molecule has 0 bridgehead atoms. The minimum Gasteiger partial charge on any atom is -0.352 e. The predicted molar refractivity (Wildman–Crippen MR) is 171 cm³/mol. The fraction of sp³-hybridized carbons (Fsp3) is 0.394. The number of anilines is 1. The molecular weight excluding hydrogens is 614 g/mol. The van der Waals surface area contributed by atoms with Gasteiger partial charge in [-0.1, -0.05) is 91.5 Å². The fourth-order valence-corrected chi connectivity index (χ4v) is 7.14. The maximum atomic E-state index is 14.1. The highest BCUT2D eigenvalue weighted by atomic mass is 79.9. The third-order valence-corrected chi connectivity index (χ3v) is 10.1. The molecule has 1 atom stereocenters. The Morgan fingerprint density at radius 1 is 0.905 bits per heavy atom. The summed E-state index contributed by atoms with van der Waals surface area (Å²) in [5, 5.41) is 3.14. The van der Waals surface area contributed by atoms with Gasteiger partial charge >= 0.3 is 0 Å². The third-order valence-electron chi connectivity index (χ3n) is 7.82. The highest BCUT2D eigenvalue weighted by Crippen LogP contribution is 2.27. The molecule has 1 aliphatic carbocycles. The first-order valence-corrected chi connectivity index (χ1v) is 16.8. The number of hydrogen-bond donors (Lipinski definition) is 1. The number of nitrogens with one attached hydrogen (secondary N) is 1. The van der Waals surface area contributed by atoms with Crippen molar-refractivity contribution in [3.63, 3.8) is 0 Å². The number of hydrogen-bond acceptors (Lipinski definition) is 4. The molecule has 0 spiro atoms. The minimum absolute atomic E-state index is 0.0888. The van der Waals surface area contributed by atoms with Crippen molar-refractivity contribution >= 4 is 43.5 Å². The van der Waals surface area contributed by atoms with E-state index >= 15 is 0 Å². The molecule has 0 radical (unpaired) electrons. The smallest absolute Gasteiger partial charge is 0.264 e. The molecule has 2 amide bonds. The Balaban J connectivity index is 1.68. The van der Waals surface area contributed by atoms with Crippen LogP contribution in [0.5, 0.6) is 0 Å². The van der Waals surface area contributed by atoms with Crippen LogP contribution in [0.25, 0.3) is 0 Å². The van der Waals surface area contributed by atoms with Gasteiger partial charge in [0.1, 0.15) is 12.6 Å². The predicted octanol–water partition coefficient (Wildman–Crippen LogP) is 6.63. The number of carbonyl (C=O) groups excluding carboxylic acids is 2. The highest BCUT2D eigenvalue weighted by Gasteiger charge is 2.33. The highest BCUT2D eigenvalue weighted by molar-refractivity contribution is 9.10. The van der Waals surface area contributed by atoms with Gasteiger partial charge in [0, 0.05) is 17.1 Å². The molecule has 0 aliphatic heterocycles. The van der Waals surface area contributed by atoms with Gasteiger partial charge in [0.15, 0.2) is 0 Å². The maximum absolute atomic E-state index is 14.1. The molecule has 1 fully saturated rings. The van der Waals surface area contributed by atoms with Gasteiger partial charge in [-0.15, -0.1) is 0 Å². The standard InChI is InChI=1S/C33H40BrN3O4S/c1-24(2)27-17-19-30(20-18-27)37(42(40,41)31-15-8-5-9-16-31)23-32(38)36(22-26-11-10-12-28(34)21-26)25(3)33(39)35-29-13-6-4-7-14-29/h5,8-12,15-21,24-25,29H,4,6-7,13-14,22-23H2,1-3H3,(H,35,39)/t25-/m0/s1. The molecule has 42 heavy (non-hydrogen) atoms. The number of halogens is 1. The topological polar surface area (TPSA) is 86.8 Å². The molecule has 0 unspecified atom stereocenters. The lowest BCUT2D eigenvalue weighted by Gasteiger charge is -2.33. The largest absolute Gasteiger partial charge is 0.352 e. The van der Waals surface area contributed by atoms with Crippen LogP contribution in [0.3, 0.4) is 0 Å². The van der Waals surface area contributed by atoms with Crippen LogP contribution in [0.4, 0.5) is 5.69 Å². The van der Waals surface area contributed by atoms with E-state index in [-0.39, 0.29) is 29.3 Å². The van der Waals surface area contributed by atoms with Gasteiger partial charge < -0.3 is 10.2 Å². The molecule has 3 aromatic carbocycles. The lowest BCUT2D eigenvalue weighted by molar-refractivity contribution is -0.139. The number of sulfonamides is 1. The van der Waals surface area contributed by atoms with E-state index in [0.717, 1.165) is 45.6 Å². The normalized spacial score (nSPS) is 14.8. The van der Waals surface area contributed by atoms with E-state index in [1.807, 2.05) is 36.4 Å². The van der Waals surface area contributed by atoms with E-state index in [2.05, 4.69) is 35.1 Å². The first-order valence-electron chi connectivity index (χ1n) is 14.6. The molecule has 7 nitrogen and oxygen atoms in total. The Morgan fingerprint density at radius 3 is 2.19 bits per heavy atom. The summed E-state index contributed by atoms with van der Waals surface area (Å²) in [5.74, 6) is -0.429. The van der Waals surface area contributed by atoms with Crippen molar-refractivity contribution < 1.29 is 18.0 Å². The molecule has 0 saturated heterocycles. The number of nitrogens with zero attached hydrogens (tertiary/aromatic N) is 2. The van der Waals surface area contributed by atoms with Crippen LogP contribution in [0, 0.1) is 0 Å². The lowest BCUT2D eigenvalue weighted by Crippen LogP contribution is -2.53. The zero-order chi connectivity index (χ0) is 30.3. The minimum atomic E-state index is -4.09. The van der Waals surface area contributed by atoms with Crippen LogP contribution in [0.15, 0.2) is 88.2 Å². The molecule has 3 aromatic rings. The van der Waals surface area contributed by atoms with Gasteiger partial charge in [-0.25, -0.2) is 8.42 Å².